The lowest BCUT2D eigenvalue weighted by atomic mass is 9.87. The molecule has 0 aliphatic carbocycles. The van der Waals surface area contributed by atoms with Gasteiger partial charge in [-0.3, -0.25) is 4.79 Å². The molecule has 0 bridgehead atoms. The van der Waals surface area contributed by atoms with Crippen molar-refractivity contribution < 1.29 is 18.3 Å². The minimum absolute atomic E-state index is 0.101. The lowest BCUT2D eigenvalue weighted by Gasteiger charge is -2.24. The fourth-order valence-corrected chi connectivity index (χ4v) is 2.81. The van der Waals surface area contributed by atoms with Crippen LogP contribution in [0.5, 0.6) is 5.75 Å². The van der Waals surface area contributed by atoms with Crippen molar-refractivity contribution in [2.24, 2.45) is 0 Å². The summed E-state index contributed by atoms with van der Waals surface area (Å²) in [5, 5.41) is 0.153. The molecule has 0 amide bonds. The number of rotatable bonds is 1. The molecule has 6 heteroatoms. The van der Waals surface area contributed by atoms with Crippen molar-refractivity contribution in [1.82, 2.24) is 0 Å². The van der Waals surface area contributed by atoms with Gasteiger partial charge in [-0.2, -0.15) is 0 Å². The number of benzene rings is 1. The Bertz CT molecular complexity index is 776. The van der Waals surface area contributed by atoms with Gasteiger partial charge in [0.15, 0.2) is 0 Å². The first-order valence-corrected chi connectivity index (χ1v) is 6.64. The van der Waals surface area contributed by atoms with Gasteiger partial charge in [-0.1, -0.05) is 17.7 Å². The maximum absolute atomic E-state index is 14.1. The molecule has 1 aliphatic rings. The summed E-state index contributed by atoms with van der Waals surface area (Å²) in [4.78, 5) is 23.8. The first-order valence-electron chi connectivity index (χ1n) is 6.26. The van der Waals surface area contributed by atoms with Gasteiger partial charge >= 0.3 is 11.6 Å². The highest BCUT2D eigenvalue weighted by Crippen LogP contribution is 2.40. The molecular weight excluding hydrogens is 299 g/mol. The van der Waals surface area contributed by atoms with Crippen LogP contribution in [-0.2, 0) is 4.79 Å². The second-order valence-corrected chi connectivity index (χ2v) is 5.20. The molecule has 1 atom stereocenters. The number of hydrogen-bond donors (Lipinski definition) is 0. The predicted molar refractivity (Wildman–Crippen MR) is 73.2 cm³/mol. The molecule has 0 saturated carbocycles. The Morgan fingerprint density at radius 2 is 2.05 bits per heavy atom. The van der Waals surface area contributed by atoms with Crippen LogP contribution in [0.1, 0.15) is 29.2 Å². The molecule has 4 nitrogen and oxygen atoms in total. The van der Waals surface area contributed by atoms with Crippen LogP contribution < -0.4 is 10.4 Å². The zero-order valence-corrected chi connectivity index (χ0v) is 11.7. The van der Waals surface area contributed by atoms with Crippen molar-refractivity contribution in [3.63, 3.8) is 0 Å². The molecule has 0 saturated heterocycles. The van der Waals surface area contributed by atoms with Gasteiger partial charge in [-0.05, 0) is 19.1 Å². The Hall–Kier alpha value is -2.14. The average Bonchev–Trinajstić information content (AvgIpc) is 2.36. The molecule has 1 unspecified atom stereocenters. The summed E-state index contributed by atoms with van der Waals surface area (Å²) < 4.78 is 24.2. The van der Waals surface area contributed by atoms with Crippen molar-refractivity contribution in [2.45, 2.75) is 19.3 Å². The van der Waals surface area contributed by atoms with E-state index in [4.69, 9.17) is 20.8 Å². The Morgan fingerprint density at radius 1 is 1.29 bits per heavy atom. The summed E-state index contributed by atoms with van der Waals surface area (Å²) in [5.74, 6) is -1.52. The quantitative estimate of drug-likeness (QED) is 0.759. The Labute approximate surface area is 124 Å². The standard InChI is InChI=1S/C15H10ClFO4/c1-7-5-11-14(15(19)20-7)8(6-12(18)21-11)13-9(16)3-2-4-10(13)17/h2-5,8H,6H2,1H3. The molecule has 21 heavy (non-hydrogen) atoms. The van der Waals surface area contributed by atoms with Crippen molar-refractivity contribution >= 4 is 17.6 Å². The number of fused-ring (bicyclic) bond motifs is 1. The fraction of sp³-hybridized carbons (Fsp3) is 0.200. The molecule has 2 aromatic rings. The molecule has 1 aromatic carbocycles. The number of aryl methyl sites for hydroxylation is 1. The van der Waals surface area contributed by atoms with Crippen LogP contribution in [0.3, 0.4) is 0 Å². The van der Waals surface area contributed by atoms with E-state index in [1.807, 2.05) is 0 Å². The zero-order valence-electron chi connectivity index (χ0n) is 11.0. The fourth-order valence-electron chi connectivity index (χ4n) is 2.52. The number of carbonyl (C=O) groups is 1. The average molecular weight is 309 g/mol. The molecule has 0 radical (unpaired) electrons. The van der Waals surface area contributed by atoms with E-state index in [1.54, 1.807) is 6.92 Å². The number of hydrogen-bond acceptors (Lipinski definition) is 4. The van der Waals surface area contributed by atoms with E-state index in [0.717, 1.165) is 0 Å². The molecule has 0 fully saturated rings. The third-order valence-electron chi connectivity index (χ3n) is 3.36. The monoisotopic (exact) mass is 308 g/mol. The largest absolute Gasteiger partial charge is 0.428 e. The SMILES string of the molecule is Cc1cc2c(c(=O)o1)C(c1c(F)cccc1Cl)CC(=O)O2. The molecule has 3 rings (SSSR count). The van der Waals surface area contributed by atoms with Crippen LogP contribution in [0, 0.1) is 12.7 Å². The van der Waals surface area contributed by atoms with Gasteiger partial charge in [-0.25, -0.2) is 9.18 Å². The maximum Gasteiger partial charge on any atom is 0.343 e. The third-order valence-corrected chi connectivity index (χ3v) is 3.69. The molecule has 1 aliphatic heterocycles. The molecule has 0 N–H and O–H groups in total. The lowest BCUT2D eigenvalue weighted by Crippen LogP contribution is -2.27. The van der Waals surface area contributed by atoms with Crippen LogP contribution in [0.4, 0.5) is 4.39 Å². The molecule has 0 spiro atoms. The van der Waals surface area contributed by atoms with Crippen molar-refractivity contribution in [3.05, 3.63) is 62.4 Å². The highest BCUT2D eigenvalue weighted by molar-refractivity contribution is 6.31. The second-order valence-electron chi connectivity index (χ2n) is 4.79. The van der Waals surface area contributed by atoms with Crippen LogP contribution in [0.2, 0.25) is 5.02 Å². The van der Waals surface area contributed by atoms with E-state index in [2.05, 4.69) is 0 Å². The second kappa shape index (κ2) is 5.00. The van der Waals surface area contributed by atoms with E-state index in [1.165, 1.54) is 24.3 Å². The van der Waals surface area contributed by atoms with Gasteiger partial charge in [0.1, 0.15) is 17.3 Å². The van der Waals surface area contributed by atoms with Crippen molar-refractivity contribution in [2.75, 3.05) is 0 Å². The Morgan fingerprint density at radius 3 is 2.76 bits per heavy atom. The summed E-state index contributed by atoms with van der Waals surface area (Å²) in [6.45, 7) is 1.56. The summed E-state index contributed by atoms with van der Waals surface area (Å²) in [5.41, 5.74) is -0.428. The van der Waals surface area contributed by atoms with Crippen LogP contribution in [-0.4, -0.2) is 5.97 Å². The van der Waals surface area contributed by atoms with E-state index in [0.29, 0.717) is 5.76 Å². The van der Waals surface area contributed by atoms with Gasteiger partial charge in [-0.15, -0.1) is 0 Å². The normalized spacial score (nSPS) is 17.3. The third kappa shape index (κ3) is 2.34. The molecule has 108 valence electrons. The van der Waals surface area contributed by atoms with E-state index >= 15 is 0 Å². The number of halogens is 2. The van der Waals surface area contributed by atoms with Crippen molar-refractivity contribution in [1.29, 1.82) is 0 Å². The van der Waals surface area contributed by atoms with E-state index in [9.17, 15) is 14.0 Å². The van der Waals surface area contributed by atoms with Crippen LogP contribution in [0.25, 0.3) is 0 Å². The number of carbonyl (C=O) groups excluding carboxylic acids is 1. The molecule has 1 aromatic heterocycles. The highest BCUT2D eigenvalue weighted by Gasteiger charge is 2.35. The maximum atomic E-state index is 14.1. The summed E-state index contributed by atoms with van der Waals surface area (Å²) in [7, 11) is 0. The predicted octanol–water partition coefficient (Wildman–Crippen LogP) is 3.18. The van der Waals surface area contributed by atoms with Gasteiger partial charge < -0.3 is 9.15 Å². The van der Waals surface area contributed by atoms with Gasteiger partial charge in [0, 0.05) is 22.6 Å². The lowest BCUT2D eigenvalue weighted by molar-refractivity contribution is -0.135. The first kappa shape index (κ1) is 13.8. The van der Waals surface area contributed by atoms with Crippen molar-refractivity contribution in [3.8, 4) is 5.75 Å². The van der Waals surface area contributed by atoms with Gasteiger partial charge in [0.25, 0.3) is 0 Å². The topological polar surface area (TPSA) is 56.5 Å². The molecule has 2 heterocycles. The van der Waals surface area contributed by atoms with E-state index in [-0.39, 0.29) is 28.3 Å². The molecular formula is C15H10ClFO4. The smallest absolute Gasteiger partial charge is 0.343 e. The highest BCUT2D eigenvalue weighted by atomic mass is 35.5. The zero-order chi connectivity index (χ0) is 15.1. The Kier molecular flexibility index (Phi) is 3.29. The van der Waals surface area contributed by atoms with Gasteiger partial charge in [0.05, 0.1) is 12.0 Å². The van der Waals surface area contributed by atoms with E-state index < -0.39 is 23.3 Å². The van der Waals surface area contributed by atoms with Crippen LogP contribution in [0.15, 0.2) is 33.5 Å². The summed E-state index contributed by atoms with van der Waals surface area (Å²) >= 11 is 6.04. The van der Waals surface area contributed by atoms with Crippen LogP contribution >= 0.6 is 11.6 Å². The number of esters is 1. The van der Waals surface area contributed by atoms with Gasteiger partial charge in [0.2, 0.25) is 0 Å². The Balaban J connectivity index is 2.27. The summed E-state index contributed by atoms with van der Waals surface area (Å²) in [6.07, 6.45) is -0.165. The number of ether oxygens (including phenoxy) is 1. The first-order chi connectivity index (χ1) is 9.97. The summed E-state index contributed by atoms with van der Waals surface area (Å²) in [6, 6.07) is 5.64. The minimum atomic E-state index is -0.813. The minimum Gasteiger partial charge on any atom is -0.428 e.